The van der Waals surface area contributed by atoms with Crippen molar-refractivity contribution in [3.8, 4) is 22.8 Å². The summed E-state index contributed by atoms with van der Waals surface area (Å²) in [7, 11) is 0. The minimum atomic E-state index is -0.491. The van der Waals surface area contributed by atoms with E-state index in [-0.39, 0.29) is 18.1 Å². The molecule has 0 aliphatic heterocycles. The summed E-state index contributed by atoms with van der Waals surface area (Å²) >= 11 is 11.9. The number of carbonyl (C=O) groups excluding carboxylic acids is 1. The Hall–Kier alpha value is -3.95. The zero-order valence-corrected chi connectivity index (χ0v) is 19.2. The molecule has 0 bridgehead atoms. The second-order valence-electron chi connectivity index (χ2n) is 7.55. The van der Waals surface area contributed by atoms with E-state index in [4.69, 9.17) is 27.7 Å². The number of anilines is 1. The Bertz CT molecular complexity index is 1570. The van der Waals surface area contributed by atoms with Crippen molar-refractivity contribution in [2.45, 2.75) is 13.5 Å². The number of aryl methyl sites for hydroxylation is 1. The Kier molecular flexibility index (Phi) is 5.64. The highest BCUT2D eigenvalue weighted by Gasteiger charge is 2.18. The van der Waals surface area contributed by atoms with Crippen LogP contribution in [0.2, 0.25) is 10.0 Å². The van der Waals surface area contributed by atoms with E-state index in [1.54, 1.807) is 36.5 Å². The van der Waals surface area contributed by atoms with Gasteiger partial charge in [-0.25, -0.2) is 13.9 Å². The maximum absolute atomic E-state index is 12.8. The molecule has 0 spiro atoms. The van der Waals surface area contributed by atoms with E-state index in [1.165, 1.54) is 4.40 Å². The summed E-state index contributed by atoms with van der Waals surface area (Å²) in [5.74, 6) is 0.152. The van der Waals surface area contributed by atoms with Gasteiger partial charge in [-0.15, -0.1) is 5.10 Å². The molecular formula is C23H16Cl2N6O3. The maximum Gasteiger partial charge on any atom is 0.350 e. The van der Waals surface area contributed by atoms with Gasteiger partial charge in [0.05, 0.1) is 5.56 Å². The Morgan fingerprint density at radius 3 is 2.56 bits per heavy atom. The molecule has 0 saturated carbocycles. The van der Waals surface area contributed by atoms with E-state index in [1.807, 2.05) is 31.2 Å². The van der Waals surface area contributed by atoms with Gasteiger partial charge in [0, 0.05) is 27.5 Å². The van der Waals surface area contributed by atoms with Crippen molar-refractivity contribution in [3.63, 3.8) is 0 Å². The van der Waals surface area contributed by atoms with Crippen molar-refractivity contribution in [2.75, 3.05) is 5.32 Å². The quantitative estimate of drug-likeness (QED) is 0.386. The number of fused-ring (bicyclic) bond motifs is 1. The largest absolute Gasteiger partial charge is 0.350 e. The van der Waals surface area contributed by atoms with Crippen LogP contribution in [0.4, 0.5) is 5.69 Å². The minimum Gasteiger partial charge on any atom is -0.333 e. The van der Waals surface area contributed by atoms with Crippen LogP contribution in [0.15, 0.2) is 70.1 Å². The van der Waals surface area contributed by atoms with Crippen molar-refractivity contribution in [1.82, 2.24) is 24.3 Å². The van der Waals surface area contributed by atoms with E-state index in [2.05, 4.69) is 20.6 Å². The fourth-order valence-corrected chi connectivity index (χ4v) is 3.95. The predicted octanol–water partition coefficient (Wildman–Crippen LogP) is 4.47. The third-order valence-electron chi connectivity index (χ3n) is 5.02. The molecule has 5 rings (SSSR count). The predicted molar refractivity (Wildman–Crippen MR) is 128 cm³/mol. The normalized spacial score (nSPS) is 11.1. The Balaban J connectivity index is 1.44. The molecule has 0 unspecified atom stereocenters. The molecule has 0 aliphatic rings. The monoisotopic (exact) mass is 494 g/mol. The van der Waals surface area contributed by atoms with E-state index in [0.717, 1.165) is 15.8 Å². The lowest BCUT2D eigenvalue weighted by atomic mass is 10.1. The highest BCUT2D eigenvalue weighted by molar-refractivity contribution is 6.35. The Morgan fingerprint density at radius 1 is 1.09 bits per heavy atom. The van der Waals surface area contributed by atoms with Crippen molar-refractivity contribution < 1.29 is 9.32 Å². The molecule has 34 heavy (non-hydrogen) atoms. The summed E-state index contributed by atoms with van der Waals surface area (Å²) in [5, 5.41) is 11.8. The van der Waals surface area contributed by atoms with Gasteiger partial charge >= 0.3 is 5.69 Å². The zero-order valence-electron chi connectivity index (χ0n) is 17.7. The molecule has 1 N–H and O–H groups in total. The van der Waals surface area contributed by atoms with Crippen molar-refractivity contribution in [3.05, 3.63) is 86.9 Å². The van der Waals surface area contributed by atoms with Gasteiger partial charge in [-0.3, -0.25) is 4.79 Å². The number of benzene rings is 2. The van der Waals surface area contributed by atoms with Gasteiger partial charge in [-0.05, 0) is 37.3 Å². The second-order valence-corrected chi connectivity index (χ2v) is 8.42. The van der Waals surface area contributed by atoms with E-state index in [9.17, 15) is 9.59 Å². The first-order valence-electron chi connectivity index (χ1n) is 10.1. The number of halogens is 2. The molecule has 170 valence electrons. The summed E-state index contributed by atoms with van der Waals surface area (Å²) in [6.07, 6.45) is 1.55. The first-order chi connectivity index (χ1) is 16.4. The van der Waals surface area contributed by atoms with Crippen LogP contribution in [0.25, 0.3) is 28.5 Å². The second kappa shape index (κ2) is 8.77. The van der Waals surface area contributed by atoms with Crippen molar-refractivity contribution in [1.29, 1.82) is 0 Å². The van der Waals surface area contributed by atoms with Gasteiger partial charge in [-0.1, -0.05) is 58.2 Å². The number of pyridine rings is 1. The van der Waals surface area contributed by atoms with Crippen LogP contribution in [-0.2, 0) is 11.3 Å². The van der Waals surface area contributed by atoms with Crippen LogP contribution in [0, 0.1) is 6.92 Å². The number of nitrogens with one attached hydrogen (secondary N) is 1. The fraction of sp³-hybridized carbons (Fsp3) is 0.0870. The first kappa shape index (κ1) is 21.9. The summed E-state index contributed by atoms with van der Waals surface area (Å²) in [4.78, 5) is 29.8. The van der Waals surface area contributed by atoms with E-state index < -0.39 is 11.6 Å². The lowest BCUT2D eigenvalue weighted by molar-refractivity contribution is -0.117. The van der Waals surface area contributed by atoms with Gasteiger partial charge in [0.2, 0.25) is 11.7 Å². The van der Waals surface area contributed by atoms with E-state index in [0.29, 0.717) is 27.1 Å². The number of hydrogen-bond donors (Lipinski definition) is 1. The van der Waals surface area contributed by atoms with Crippen LogP contribution in [0.1, 0.15) is 5.56 Å². The molecule has 9 nitrogen and oxygen atoms in total. The summed E-state index contributed by atoms with van der Waals surface area (Å²) in [5.41, 5.74) is 2.58. The van der Waals surface area contributed by atoms with Crippen LogP contribution in [0.3, 0.4) is 0 Å². The smallest absolute Gasteiger partial charge is 0.333 e. The fourth-order valence-electron chi connectivity index (χ4n) is 3.42. The van der Waals surface area contributed by atoms with E-state index >= 15 is 0 Å². The number of carbonyl (C=O) groups is 1. The third-order valence-corrected chi connectivity index (χ3v) is 5.45. The molecule has 2 aromatic carbocycles. The van der Waals surface area contributed by atoms with Crippen LogP contribution < -0.4 is 11.0 Å². The molecule has 1 amide bonds. The lowest BCUT2D eigenvalue weighted by Crippen LogP contribution is -2.28. The molecule has 11 heteroatoms. The van der Waals surface area contributed by atoms with Gasteiger partial charge in [-0.2, -0.15) is 4.98 Å². The molecule has 5 aromatic rings. The number of aromatic nitrogens is 5. The molecule has 0 fully saturated rings. The SMILES string of the molecule is Cc1ccc(-c2noc(-c3cccn4c(=O)n(CC(=O)Nc5cc(Cl)cc(Cl)c5)nc34)n2)cc1. The van der Waals surface area contributed by atoms with Gasteiger partial charge < -0.3 is 9.84 Å². The number of rotatable bonds is 5. The van der Waals surface area contributed by atoms with Crippen molar-refractivity contribution >= 4 is 40.4 Å². The molecule has 0 saturated heterocycles. The van der Waals surface area contributed by atoms with Crippen LogP contribution in [-0.4, -0.2) is 30.2 Å². The van der Waals surface area contributed by atoms with Gasteiger partial charge in [0.25, 0.3) is 5.89 Å². The van der Waals surface area contributed by atoms with Crippen molar-refractivity contribution in [2.24, 2.45) is 0 Å². The minimum absolute atomic E-state index is 0.205. The number of nitrogens with zero attached hydrogens (tertiary/aromatic N) is 5. The molecule has 0 aliphatic carbocycles. The highest BCUT2D eigenvalue weighted by atomic mass is 35.5. The average Bonchev–Trinajstić information content (AvgIpc) is 3.39. The average molecular weight is 495 g/mol. The zero-order chi connectivity index (χ0) is 23.8. The van der Waals surface area contributed by atoms with Crippen LogP contribution >= 0.6 is 23.2 Å². The Morgan fingerprint density at radius 2 is 1.82 bits per heavy atom. The molecule has 0 atom stereocenters. The number of amides is 1. The van der Waals surface area contributed by atoms with Gasteiger partial charge in [0.1, 0.15) is 6.54 Å². The Labute approximate surface area is 202 Å². The molecule has 0 radical (unpaired) electrons. The summed E-state index contributed by atoms with van der Waals surface area (Å²) in [6, 6.07) is 15.7. The van der Waals surface area contributed by atoms with Gasteiger partial charge in [0.15, 0.2) is 5.65 Å². The first-order valence-corrected chi connectivity index (χ1v) is 10.9. The third kappa shape index (κ3) is 4.30. The summed E-state index contributed by atoms with van der Waals surface area (Å²) in [6.45, 7) is 1.67. The molecule has 3 aromatic heterocycles. The topological polar surface area (TPSA) is 107 Å². The molecule has 3 heterocycles. The molecular weight excluding hydrogens is 479 g/mol. The number of hydrogen-bond acceptors (Lipinski definition) is 6. The lowest BCUT2D eigenvalue weighted by Gasteiger charge is -2.05. The highest BCUT2D eigenvalue weighted by Crippen LogP contribution is 2.25. The standard InChI is InChI=1S/C23H16Cl2N6O3/c1-13-4-6-14(7-5-13)20-27-22(34-29-20)18-3-2-8-30-21(18)28-31(23(30)33)12-19(32)26-17-10-15(24)9-16(25)11-17/h2-11H,12H2,1H3,(H,26,32). The maximum atomic E-state index is 12.8. The summed E-state index contributed by atoms with van der Waals surface area (Å²) < 4.78 is 7.81. The van der Waals surface area contributed by atoms with Crippen LogP contribution in [0.5, 0.6) is 0 Å².